The molecule has 0 aliphatic carbocycles. The van der Waals surface area contributed by atoms with Crippen molar-refractivity contribution < 1.29 is 19.4 Å². The van der Waals surface area contributed by atoms with Crippen LogP contribution in [0.2, 0.25) is 0 Å². The normalized spacial score (nSPS) is 20.4. The van der Waals surface area contributed by atoms with E-state index in [0.717, 1.165) is 60.5 Å². The summed E-state index contributed by atoms with van der Waals surface area (Å²) in [5.41, 5.74) is 6.77. The van der Waals surface area contributed by atoms with Crippen molar-refractivity contribution in [2.45, 2.75) is 40.3 Å². The van der Waals surface area contributed by atoms with E-state index in [-0.39, 0.29) is 11.8 Å². The van der Waals surface area contributed by atoms with Gasteiger partial charge in [0.25, 0.3) is 0 Å². The van der Waals surface area contributed by atoms with Crippen molar-refractivity contribution in [1.82, 2.24) is 9.88 Å². The molecular weight excluding hydrogens is 498 g/mol. The summed E-state index contributed by atoms with van der Waals surface area (Å²) in [7, 11) is 0. The number of carboxylic acids is 1. The zero-order valence-electron chi connectivity index (χ0n) is 22.5. The number of carboxylic acid groups (broad SMARTS) is 1. The van der Waals surface area contributed by atoms with Crippen LogP contribution in [0.3, 0.4) is 0 Å². The average molecular weight is 536 g/mol. The molecule has 0 bridgehead atoms. The minimum absolute atomic E-state index is 0.0926. The van der Waals surface area contributed by atoms with Gasteiger partial charge in [-0.05, 0) is 55.0 Å². The SMILES string of the molecule is Cc1ccc(OCc2ccc(CN3CCOCC3)cc2C)c(-c2csc(N3CC[C@@H](C(=O)O)C(C)C3)n2)c1. The molecule has 38 heavy (non-hydrogen) atoms. The predicted molar refractivity (Wildman–Crippen MR) is 151 cm³/mol. The Morgan fingerprint density at radius 2 is 1.97 bits per heavy atom. The Bertz CT molecular complexity index is 1270. The minimum Gasteiger partial charge on any atom is -0.488 e. The smallest absolute Gasteiger partial charge is 0.306 e. The van der Waals surface area contributed by atoms with Gasteiger partial charge in [0.15, 0.2) is 5.13 Å². The zero-order valence-corrected chi connectivity index (χ0v) is 23.3. The number of aromatic nitrogens is 1. The van der Waals surface area contributed by atoms with Gasteiger partial charge in [-0.1, -0.05) is 36.8 Å². The molecule has 2 saturated heterocycles. The molecule has 1 N–H and O–H groups in total. The van der Waals surface area contributed by atoms with E-state index in [2.05, 4.69) is 59.4 Å². The fourth-order valence-electron chi connectivity index (χ4n) is 5.38. The molecule has 1 aromatic heterocycles. The van der Waals surface area contributed by atoms with Gasteiger partial charge in [0.1, 0.15) is 12.4 Å². The number of benzene rings is 2. The molecular formula is C30H37N3O4S. The van der Waals surface area contributed by atoms with Gasteiger partial charge >= 0.3 is 5.97 Å². The number of morpholine rings is 1. The van der Waals surface area contributed by atoms with Gasteiger partial charge in [-0.3, -0.25) is 9.69 Å². The Morgan fingerprint density at radius 3 is 2.71 bits per heavy atom. The third kappa shape index (κ3) is 6.20. The van der Waals surface area contributed by atoms with Crippen LogP contribution < -0.4 is 9.64 Å². The Hall–Kier alpha value is -2.94. The first-order chi connectivity index (χ1) is 18.4. The van der Waals surface area contributed by atoms with Crippen LogP contribution in [0, 0.1) is 25.7 Å². The quantitative estimate of drug-likeness (QED) is 0.415. The van der Waals surface area contributed by atoms with Crippen LogP contribution in [0.25, 0.3) is 11.3 Å². The van der Waals surface area contributed by atoms with Crippen LogP contribution in [0.1, 0.15) is 35.6 Å². The lowest BCUT2D eigenvalue weighted by atomic mass is 9.87. The first-order valence-electron chi connectivity index (χ1n) is 13.4. The van der Waals surface area contributed by atoms with E-state index in [9.17, 15) is 9.90 Å². The van der Waals surface area contributed by atoms with Crippen LogP contribution in [-0.4, -0.2) is 60.4 Å². The van der Waals surface area contributed by atoms with Crippen LogP contribution >= 0.6 is 11.3 Å². The molecule has 2 aliphatic rings. The molecule has 2 atom stereocenters. The highest BCUT2D eigenvalue weighted by Gasteiger charge is 2.32. The molecule has 2 aliphatic heterocycles. The summed E-state index contributed by atoms with van der Waals surface area (Å²) in [5, 5.41) is 12.5. The number of ether oxygens (including phenoxy) is 2. The number of aliphatic carboxylic acids is 1. The Morgan fingerprint density at radius 1 is 1.16 bits per heavy atom. The third-order valence-corrected chi connectivity index (χ3v) is 8.60. The summed E-state index contributed by atoms with van der Waals surface area (Å²) in [6.45, 7) is 12.7. The molecule has 0 saturated carbocycles. The van der Waals surface area contributed by atoms with E-state index in [4.69, 9.17) is 14.5 Å². The largest absolute Gasteiger partial charge is 0.488 e. The van der Waals surface area contributed by atoms with Crippen molar-refractivity contribution >= 4 is 22.4 Å². The number of thiazole rings is 1. The Balaban J connectivity index is 1.27. The van der Waals surface area contributed by atoms with Gasteiger partial charge in [-0.2, -0.15) is 0 Å². The van der Waals surface area contributed by atoms with Gasteiger partial charge < -0.3 is 19.5 Å². The van der Waals surface area contributed by atoms with Crippen molar-refractivity contribution in [2.24, 2.45) is 11.8 Å². The van der Waals surface area contributed by atoms with E-state index in [1.807, 2.05) is 13.0 Å². The van der Waals surface area contributed by atoms with Gasteiger partial charge in [-0.15, -0.1) is 11.3 Å². The topological polar surface area (TPSA) is 75.1 Å². The number of hydrogen-bond acceptors (Lipinski definition) is 7. The standard InChI is InChI=1S/C30H37N3O4S/c1-20-4-7-28(37-18-24-6-5-23(15-21(24)2)17-32-10-12-36-13-11-32)26(14-20)27-19-38-30(31-27)33-9-8-25(29(34)35)22(3)16-33/h4-7,14-15,19,22,25H,8-13,16-18H2,1-3H3,(H,34,35)/t22?,25-/m1/s1. The van der Waals surface area contributed by atoms with E-state index < -0.39 is 5.97 Å². The summed E-state index contributed by atoms with van der Waals surface area (Å²) < 4.78 is 11.8. The van der Waals surface area contributed by atoms with Crippen LogP contribution in [-0.2, 0) is 22.7 Å². The zero-order chi connectivity index (χ0) is 26.6. The number of nitrogens with zero attached hydrogens (tertiary/aromatic N) is 3. The minimum atomic E-state index is -0.694. The van der Waals surface area contributed by atoms with Crippen LogP contribution in [0.15, 0.2) is 41.8 Å². The summed E-state index contributed by atoms with van der Waals surface area (Å²) in [6.07, 6.45) is 0.648. The van der Waals surface area contributed by atoms with Gasteiger partial charge in [-0.25, -0.2) is 4.98 Å². The number of anilines is 1. The summed E-state index contributed by atoms with van der Waals surface area (Å²) in [5.74, 6) is -0.0583. The van der Waals surface area contributed by atoms with Crippen molar-refractivity contribution in [3.63, 3.8) is 0 Å². The lowest BCUT2D eigenvalue weighted by Gasteiger charge is -2.34. The number of rotatable bonds is 8. The lowest BCUT2D eigenvalue weighted by molar-refractivity contribution is -0.144. The predicted octanol–water partition coefficient (Wildman–Crippen LogP) is 5.39. The molecule has 2 fully saturated rings. The molecule has 5 rings (SSSR count). The van der Waals surface area contributed by atoms with Crippen molar-refractivity contribution in [2.75, 3.05) is 44.3 Å². The van der Waals surface area contributed by atoms with Crippen molar-refractivity contribution in [3.8, 4) is 17.0 Å². The summed E-state index contributed by atoms with van der Waals surface area (Å²) in [4.78, 5) is 21.1. The van der Waals surface area contributed by atoms with E-state index in [1.54, 1.807) is 11.3 Å². The number of hydrogen-bond donors (Lipinski definition) is 1. The average Bonchev–Trinajstić information content (AvgIpc) is 3.39. The highest BCUT2D eigenvalue weighted by Crippen LogP contribution is 2.36. The van der Waals surface area contributed by atoms with E-state index in [0.29, 0.717) is 26.1 Å². The molecule has 8 heteroatoms. The van der Waals surface area contributed by atoms with Crippen LogP contribution in [0.5, 0.6) is 5.75 Å². The van der Waals surface area contributed by atoms with Gasteiger partial charge in [0, 0.05) is 43.7 Å². The molecule has 202 valence electrons. The monoisotopic (exact) mass is 535 g/mol. The van der Waals surface area contributed by atoms with Gasteiger partial charge in [0.05, 0.1) is 24.8 Å². The number of piperidine rings is 1. The lowest BCUT2D eigenvalue weighted by Crippen LogP contribution is -2.42. The summed E-state index contributed by atoms with van der Waals surface area (Å²) >= 11 is 1.61. The molecule has 3 heterocycles. The highest BCUT2D eigenvalue weighted by molar-refractivity contribution is 7.14. The number of aryl methyl sites for hydroxylation is 2. The Kier molecular flexibility index (Phi) is 8.31. The van der Waals surface area contributed by atoms with Gasteiger partial charge in [0.2, 0.25) is 0 Å². The molecule has 7 nitrogen and oxygen atoms in total. The maximum absolute atomic E-state index is 11.5. The van der Waals surface area contributed by atoms with Crippen molar-refractivity contribution in [1.29, 1.82) is 0 Å². The van der Waals surface area contributed by atoms with E-state index in [1.165, 1.54) is 16.7 Å². The molecule has 1 unspecified atom stereocenters. The Labute approximate surface area is 229 Å². The first-order valence-corrected chi connectivity index (χ1v) is 14.3. The molecule has 0 spiro atoms. The molecule has 0 radical (unpaired) electrons. The fourth-order valence-corrected chi connectivity index (χ4v) is 6.24. The maximum atomic E-state index is 11.5. The highest BCUT2D eigenvalue weighted by atomic mass is 32.1. The number of carbonyl (C=O) groups is 1. The molecule has 2 aromatic carbocycles. The fraction of sp³-hybridized carbons (Fsp3) is 0.467. The summed E-state index contributed by atoms with van der Waals surface area (Å²) in [6, 6.07) is 12.9. The molecule has 0 amide bonds. The second kappa shape index (κ2) is 11.8. The van der Waals surface area contributed by atoms with E-state index >= 15 is 0 Å². The first kappa shape index (κ1) is 26.7. The van der Waals surface area contributed by atoms with Crippen molar-refractivity contribution in [3.05, 3.63) is 64.0 Å². The maximum Gasteiger partial charge on any atom is 0.306 e. The molecule has 3 aromatic rings. The second-order valence-electron chi connectivity index (χ2n) is 10.6. The third-order valence-electron chi connectivity index (χ3n) is 7.70. The van der Waals surface area contributed by atoms with Crippen LogP contribution in [0.4, 0.5) is 5.13 Å². The second-order valence-corrected chi connectivity index (χ2v) is 11.4.